The molecule has 1 unspecified atom stereocenters. The summed E-state index contributed by atoms with van der Waals surface area (Å²) in [5.74, 6) is -0.593. The lowest BCUT2D eigenvalue weighted by molar-refractivity contribution is 0.566. The number of aryl methyl sites for hydroxylation is 1. The highest BCUT2D eigenvalue weighted by molar-refractivity contribution is 7.89. The van der Waals surface area contributed by atoms with Gasteiger partial charge in [-0.3, -0.25) is 0 Å². The van der Waals surface area contributed by atoms with Crippen LogP contribution < -0.4 is 10.5 Å². The van der Waals surface area contributed by atoms with Crippen LogP contribution in [0.1, 0.15) is 24.1 Å². The predicted molar refractivity (Wildman–Crippen MR) is 80.7 cm³/mol. The molecule has 1 atom stereocenters. The lowest BCUT2D eigenvalue weighted by Crippen LogP contribution is -2.27. The molecule has 0 aliphatic rings. The molecule has 6 heteroatoms. The number of hydrogen-bond donors (Lipinski definition) is 2. The molecule has 0 amide bonds. The number of hydrogen-bond acceptors (Lipinski definition) is 3. The number of benzene rings is 2. The number of nitrogens with two attached hydrogens (primary N) is 1. The standard InChI is InChI=1S/C15H17FN2O2S/c1-10-8-13(9-14(17)15(10)16)21(19,20)18-11(2)12-6-4-3-5-7-12/h3-9,11,18H,17H2,1-2H3. The Balaban J connectivity index is 2.31. The molecule has 0 spiro atoms. The van der Waals surface area contributed by atoms with Gasteiger partial charge in [-0.25, -0.2) is 17.5 Å². The molecule has 2 rings (SSSR count). The summed E-state index contributed by atoms with van der Waals surface area (Å²) in [6.45, 7) is 3.22. The first-order valence-electron chi connectivity index (χ1n) is 6.44. The van der Waals surface area contributed by atoms with Gasteiger partial charge in [0, 0.05) is 6.04 Å². The van der Waals surface area contributed by atoms with Crippen molar-refractivity contribution in [1.82, 2.24) is 4.72 Å². The quantitative estimate of drug-likeness (QED) is 0.853. The second-order valence-corrected chi connectivity index (χ2v) is 6.61. The molecule has 21 heavy (non-hydrogen) atoms. The van der Waals surface area contributed by atoms with E-state index in [0.29, 0.717) is 0 Å². The van der Waals surface area contributed by atoms with Crippen LogP contribution in [0, 0.1) is 12.7 Å². The molecule has 2 aromatic carbocycles. The summed E-state index contributed by atoms with van der Waals surface area (Å²) < 4.78 is 40.7. The van der Waals surface area contributed by atoms with E-state index in [4.69, 9.17) is 5.73 Å². The van der Waals surface area contributed by atoms with Crippen molar-refractivity contribution in [2.24, 2.45) is 0 Å². The smallest absolute Gasteiger partial charge is 0.241 e. The predicted octanol–water partition coefficient (Wildman–Crippen LogP) is 2.76. The summed E-state index contributed by atoms with van der Waals surface area (Å²) >= 11 is 0. The highest BCUT2D eigenvalue weighted by atomic mass is 32.2. The van der Waals surface area contributed by atoms with Gasteiger partial charge in [0.05, 0.1) is 10.6 Å². The van der Waals surface area contributed by atoms with Crippen LogP contribution in [0.4, 0.5) is 10.1 Å². The normalized spacial score (nSPS) is 13.1. The van der Waals surface area contributed by atoms with Crippen molar-refractivity contribution in [3.05, 3.63) is 59.4 Å². The largest absolute Gasteiger partial charge is 0.396 e. The summed E-state index contributed by atoms with van der Waals surface area (Å²) in [6, 6.07) is 11.2. The van der Waals surface area contributed by atoms with E-state index in [-0.39, 0.29) is 16.1 Å². The Morgan fingerprint density at radius 1 is 1.19 bits per heavy atom. The summed E-state index contributed by atoms with van der Waals surface area (Å²) in [5.41, 5.74) is 6.35. The topological polar surface area (TPSA) is 72.2 Å². The molecule has 2 aromatic rings. The maximum absolute atomic E-state index is 13.5. The van der Waals surface area contributed by atoms with Gasteiger partial charge in [-0.05, 0) is 37.1 Å². The zero-order chi connectivity index (χ0) is 15.6. The molecule has 0 saturated heterocycles. The maximum Gasteiger partial charge on any atom is 0.241 e. The van der Waals surface area contributed by atoms with E-state index in [0.717, 1.165) is 11.6 Å². The Bertz CT molecular complexity index is 723. The fraction of sp³-hybridized carbons (Fsp3) is 0.200. The number of nitrogens with one attached hydrogen (secondary N) is 1. The zero-order valence-electron chi connectivity index (χ0n) is 11.8. The van der Waals surface area contributed by atoms with Crippen molar-refractivity contribution in [1.29, 1.82) is 0 Å². The number of nitrogen functional groups attached to an aromatic ring is 1. The first-order chi connectivity index (χ1) is 9.81. The van der Waals surface area contributed by atoms with Crippen molar-refractivity contribution in [2.45, 2.75) is 24.8 Å². The molecule has 0 aromatic heterocycles. The lowest BCUT2D eigenvalue weighted by atomic mass is 10.1. The van der Waals surface area contributed by atoms with Crippen molar-refractivity contribution < 1.29 is 12.8 Å². The first-order valence-corrected chi connectivity index (χ1v) is 7.92. The van der Waals surface area contributed by atoms with Gasteiger partial charge in [0.15, 0.2) is 0 Å². The van der Waals surface area contributed by atoms with Gasteiger partial charge in [-0.15, -0.1) is 0 Å². The molecule has 0 radical (unpaired) electrons. The minimum absolute atomic E-state index is 0.0401. The molecule has 0 fully saturated rings. The third kappa shape index (κ3) is 3.40. The van der Waals surface area contributed by atoms with Gasteiger partial charge in [-0.2, -0.15) is 0 Å². The molecule has 0 bridgehead atoms. The van der Waals surface area contributed by atoms with E-state index in [1.54, 1.807) is 6.92 Å². The van der Waals surface area contributed by atoms with Crippen LogP contribution >= 0.6 is 0 Å². The summed E-state index contributed by atoms with van der Waals surface area (Å²) in [6.07, 6.45) is 0. The average Bonchev–Trinajstić information content (AvgIpc) is 2.44. The van der Waals surface area contributed by atoms with Crippen LogP contribution in [0.5, 0.6) is 0 Å². The second-order valence-electron chi connectivity index (χ2n) is 4.90. The van der Waals surface area contributed by atoms with Crippen LogP contribution in [-0.4, -0.2) is 8.42 Å². The van der Waals surface area contributed by atoms with Gasteiger partial charge in [0.1, 0.15) is 5.82 Å². The van der Waals surface area contributed by atoms with Crippen LogP contribution in [-0.2, 0) is 10.0 Å². The molecule has 0 heterocycles. The van der Waals surface area contributed by atoms with E-state index in [2.05, 4.69) is 4.72 Å². The van der Waals surface area contributed by atoms with Gasteiger partial charge >= 0.3 is 0 Å². The minimum atomic E-state index is -3.77. The number of halogens is 1. The molecular formula is C15H17FN2O2S. The third-order valence-electron chi connectivity index (χ3n) is 3.20. The first kappa shape index (κ1) is 15.5. The molecule has 0 aliphatic heterocycles. The van der Waals surface area contributed by atoms with Crippen molar-refractivity contribution in [3.8, 4) is 0 Å². The monoisotopic (exact) mass is 308 g/mol. The number of sulfonamides is 1. The number of anilines is 1. The summed E-state index contributed by atoms with van der Waals surface area (Å²) in [5, 5.41) is 0. The molecule has 0 saturated carbocycles. The van der Waals surface area contributed by atoms with E-state index in [1.807, 2.05) is 30.3 Å². The van der Waals surface area contributed by atoms with Crippen LogP contribution in [0.2, 0.25) is 0 Å². The molecule has 3 N–H and O–H groups in total. The van der Waals surface area contributed by atoms with E-state index >= 15 is 0 Å². The summed E-state index contributed by atoms with van der Waals surface area (Å²) in [4.78, 5) is -0.0401. The fourth-order valence-electron chi connectivity index (χ4n) is 2.03. The SMILES string of the molecule is Cc1cc(S(=O)(=O)NC(C)c2ccccc2)cc(N)c1F. The Morgan fingerprint density at radius 2 is 1.81 bits per heavy atom. The van der Waals surface area contributed by atoms with Crippen LogP contribution in [0.15, 0.2) is 47.4 Å². The Morgan fingerprint density at radius 3 is 2.38 bits per heavy atom. The fourth-order valence-corrected chi connectivity index (χ4v) is 3.38. The second kappa shape index (κ2) is 5.83. The van der Waals surface area contributed by atoms with Gasteiger partial charge < -0.3 is 5.73 Å². The van der Waals surface area contributed by atoms with Crippen LogP contribution in [0.3, 0.4) is 0 Å². The maximum atomic E-state index is 13.5. The third-order valence-corrected chi connectivity index (χ3v) is 4.72. The highest BCUT2D eigenvalue weighted by Gasteiger charge is 2.20. The van der Waals surface area contributed by atoms with Gasteiger partial charge in [0.25, 0.3) is 0 Å². The van der Waals surface area contributed by atoms with Gasteiger partial charge in [-0.1, -0.05) is 30.3 Å². The van der Waals surface area contributed by atoms with E-state index in [1.165, 1.54) is 13.0 Å². The van der Waals surface area contributed by atoms with Gasteiger partial charge in [0.2, 0.25) is 10.0 Å². The summed E-state index contributed by atoms with van der Waals surface area (Å²) in [7, 11) is -3.77. The van der Waals surface area contributed by atoms with Crippen molar-refractivity contribution in [2.75, 3.05) is 5.73 Å². The minimum Gasteiger partial charge on any atom is -0.396 e. The lowest BCUT2D eigenvalue weighted by Gasteiger charge is -2.15. The highest BCUT2D eigenvalue weighted by Crippen LogP contribution is 2.22. The molecular weight excluding hydrogens is 291 g/mol. The number of rotatable bonds is 4. The van der Waals surface area contributed by atoms with Crippen LogP contribution in [0.25, 0.3) is 0 Å². The van der Waals surface area contributed by atoms with E-state index in [9.17, 15) is 12.8 Å². The van der Waals surface area contributed by atoms with Crippen molar-refractivity contribution in [3.63, 3.8) is 0 Å². The average molecular weight is 308 g/mol. The molecule has 0 aliphatic carbocycles. The molecule has 4 nitrogen and oxygen atoms in total. The zero-order valence-corrected chi connectivity index (χ0v) is 12.6. The Labute approximate surface area is 123 Å². The Kier molecular flexibility index (Phi) is 4.29. The Hall–Kier alpha value is -1.92. The molecule has 112 valence electrons. The van der Waals surface area contributed by atoms with Crippen molar-refractivity contribution >= 4 is 15.7 Å². The van der Waals surface area contributed by atoms with E-state index < -0.39 is 21.9 Å².